The molecule has 1 N–H and O–H groups in total. The fourth-order valence-corrected chi connectivity index (χ4v) is 2.33. The predicted molar refractivity (Wildman–Crippen MR) is 82.5 cm³/mol. The molecule has 2 rings (SSSR count). The van der Waals surface area contributed by atoms with Gasteiger partial charge in [0.15, 0.2) is 0 Å². The van der Waals surface area contributed by atoms with E-state index in [1.54, 1.807) is 0 Å². The summed E-state index contributed by atoms with van der Waals surface area (Å²) in [5.41, 5.74) is 5.45. The second-order valence-electron chi connectivity index (χ2n) is 5.13. The van der Waals surface area contributed by atoms with Gasteiger partial charge in [0.2, 0.25) is 0 Å². The van der Waals surface area contributed by atoms with Crippen LogP contribution in [-0.4, -0.2) is 7.05 Å². The van der Waals surface area contributed by atoms with Crippen LogP contribution in [0.5, 0.6) is 0 Å². The van der Waals surface area contributed by atoms with Crippen molar-refractivity contribution in [2.45, 2.75) is 32.7 Å². The van der Waals surface area contributed by atoms with E-state index in [1.807, 2.05) is 7.05 Å². The summed E-state index contributed by atoms with van der Waals surface area (Å²) in [6.45, 7) is 4.32. The number of hydrogen-bond acceptors (Lipinski definition) is 1. The van der Waals surface area contributed by atoms with Gasteiger partial charge in [0.25, 0.3) is 0 Å². The zero-order valence-corrected chi connectivity index (χ0v) is 12.1. The lowest BCUT2D eigenvalue weighted by Crippen LogP contribution is -2.18. The van der Waals surface area contributed by atoms with Crippen LogP contribution in [0.1, 0.15) is 35.2 Å². The van der Waals surface area contributed by atoms with Crippen molar-refractivity contribution in [3.05, 3.63) is 70.8 Å². The summed E-state index contributed by atoms with van der Waals surface area (Å²) in [4.78, 5) is 0. The summed E-state index contributed by atoms with van der Waals surface area (Å²) in [7, 11) is 2.03. The smallest absolute Gasteiger partial charge is 0.0358 e. The van der Waals surface area contributed by atoms with Crippen LogP contribution in [0, 0.1) is 6.92 Å². The van der Waals surface area contributed by atoms with Crippen molar-refractivity contribution in [1.29, 1.82) is 0 Å². The maximum atomic E-state index is 3.41. The van der Waals surface area contributed by atoms with E-state index >= 15 is 0 Å². The van der Waals surface area contributed by atoms with E-state index in [2.05, 4.69) is 67.7 Å². The SMILES string of the molecule is CCc1ccc(CC(NC)c2ccc(C)cc2)cc1. The summed E-state index contributed by atoms with van der Waals surface area (Å²) >= 11 is 0. The monoisotopic (exact) mass is 253 g/mol. The molecule has 100 valence electrons. The molecule has 2 aromatic carbocycles. The van der Waals surface area contributed by atoms with Crippen molar-refractivity contribution < 1.29 is 0 Å². The second-order valence-corrected chi connectivity index (χ2v) is 5.13. The molecule has 0 spiro atoms. The first kappa shape index (κ1) is 13.8. The predicted octanol–water partition coefficient (Wildman–Crippen LogP) is 4.06. The van der Waals surface area contributed by atoms with Gasteiger partial charge in [-0.1, -0.05) is 61.0 Å². The Kier molecular flexibility index (Phi) is 4.75. The highest BCUT2D eigenvalue weighted by molar-refractivity contribution is 5.28. The summed E-state index contributed by atoms with van der Waals surface area (Å²) in [6, 6.07) is 18.1. The first-order valence-electron chi connectivity index (χ1n) is 7.04. The van der Waals surface area contributed by atoms with Crippen molar-refractivity contribution in [2.75, 3.05) is 7.05 Å². The average Bonchev–Trinajstić information content (AvgIpc) is 2.46. The Bertz CT molecular complexity index is 496. The highest BCUT2D eigenvalue weighted by Crippen LogP contribution is 2.19. The van der Waals surface area contributed by atoms with E-state index in [1.165, 1.54) is 22.3 Å². The van der Waals surface area contributed by atoms with Crippen LogP contribution < -0.4 is 5.32 Å². The van der Waals surface area contributed by atoms with Crippen LogP contribution in [0.2, 0.25) is 0 Å². The Morgan fingerprint density at radius 2 is 1.47 bits per heavy atom. The Hall–Kier alpha value is -1.60. The minimum atomic E-state index is 0.382. The third-order valence-corrected chi connectivity index (χ3v) is 3.70. The lowest BCUT2D eigenvalue weighted by atomic mass is 9.97. The maximum absolute atomic E-state index is 3.41. The highest BCUT2D eigenvalue weighted by atomic mass is 14.9. The molecule has 0 heterocycles. The van der Waals surface area contributed by atoms with Crippen molar-refractivity contribution in [2.24, 2.45) is 0 Å². The average molecular weight is 253 g/mol. The number of aryl methyl sites for hydroxylation is 2. The van der Waals surface area contributed by atoms with Gasteiger partial charge < -0.3 is 5.32 Å². The molecule has 1 heteroatoms. The molecule has 0 radical (unpaired) electrons. The minimum Gasteiger partial charge on any atom is -0.313 e. The number of hydrogen-bond donors (Lipinski definition) is 1. The molecule has 2 aromatic rings. The quantitative estimate of drug-likeness (QED) is 0.847. The standard InChI is InChI=1S/C18H23N/c1-4-15-7-9-16(10-8-15)13-18(19-3)17-11-5-14(2)6-12-17/h5-12,18-19H,4,13H2,1-3H3. The van der Waals surface area contributed by atoms with Crippen molar-refractivity contribution in [3.63, 3.8) is 0 Å². The molecule has 0 aromatic heterocycles. The van der Waals surface area contributed by atoms with Gasteiger partial charge in [0.1, 0.15) is 0 Å². The number of likely N-dealkylation sites (N-methyl/N-ethyl adjacent to an activating group) is 1. The third kappa shape index (κ3) is 3.68. The molecule has 1 nitrogen and oxygen atoms in total. The normalized spacial score (nSPS) is 12.4. The molecule has 0 saturated heterocycles. The lowest BCUT2D eigenvalue weighted by Gasteiger charge is -2.17. The van der Waals surface area contributed by atoms with Crippen LogP contribution in [-0.2, 0) is 12.8 Å². The van der Waals surface area contributed by atoms with E-state index in [0.717, 1.165) is 12.8 Å². The van der Waals surface area contributed by atoms with E-state index in [-0.39, 0.29) is 0 Å². The summed E-state index contributed by atoms with van der Waals surface area (Å²) in [5, 5.41) is 3.41. The van der Waals surface area contributed by atoms with E-state index in [4.69, 9.17) is 0 Å². The van der Waals surface area contributed by atoms with Gasteiger partial charge in [-0.15, -0.1) is 0 Å². The maximum Gasteiger partial charge on any atom is 0.0358 e. The molecular formula is C18H23N. The number of rotatable bonds is 5. The molecule has 0 fully saturated rings. The van der Waals surface area contributed by atoms with E-state index in [0.29, 0.717) is 6.04 Å². The molecule has 1 unspecified atom stereocenters. The fourth-order valence-electron chi connectivity index (χ4n) is 2.33. The van der Waals surface area contributed by atoms with Crippen molar-refractivity contribution in [1.82, 2.24) is 5.32 Å². The molecule has 0 aliphatic rings. The minimum absolute atomic E-state index is 0.382. The highest BCUT2D eigenvalue weighted by Gasteiger charge is 2.09. The lowest BCUT2D eigenvalue weighted by molar-refractivity contribution is 0.592. The molecule has 0 amide bonds. The van der Waals surface area contributed by atoms with E-state index < -0.39 is 0 Å². The van der Waals surface area contributed by atoms with Crippen LogP contribution in [0.4, 0.5) is 0 Å². The Morgan fingerprint density at radius 3 is 2.00 bits per heavy atom. The Labute approximate surface area is 116 Å². The zero-order valence-electron chi connectivity index (χ0n) is 12.1. The first-order valence-corrected chi connectivity index (χ1v) is 7.04. The number of nitrogens with one attached hydrogen (secondary N) is 1. The van der Waals surface area contributed by atoms with Crippen LogP contribution in [0.15, 0.2) is 48.5 Å². The first-order chi connectivity index (χ1) is 9.22. The molecule has 0 aliphatic carbocycles. The van der Waals surface area contributed by atoms with Crippen molar-refractivity contribution in [3.8, 4) is 0 Å². The fraction of sp³-hybridized carbons (Fsp3) is 0.333. The van der Waals surface area contributed by atoms with Crippen LogP contribution in [0.25, 0.3) is 0 Å². The van der Waals surface area contributed by atoms with Crippen LogP contribution >= 0.6 is 0 Å². The van der Waals surface area contributed by atoms with Gasteiger partial charge in [0, 0.05) is 6.04 Å². The summed E-state index contributed by atoms with van der Waals surface area (Å²) < 4.78 is 0. The zero-order chi connectivity index (χ0) is 13.7. The summed E-state index contributed by atoms with van der Waals surface area (Å²) in [6.07, 6.45) is 2.14. The van der Waals surface area contributed by atoms with E-state index in [9.17, 15) is 0 Å². The van der Waals surface area contributed by atoms with Gasteiger partial charge in [-0.25, -0.2) is 0 Å². The third-order valence-electron chi connectivity index (χ3n) is 3.70. The van der Waals surface area contributed by atoms with Gasteiger partial charge in [-0.3, -0.25) is 0 Å². The topological polar surface area (TPSA) is 12.0 Å². The molecule has 19 heavy (non-hydrogen) atoms. The molecule has 1 atom stereocenters. The molecule has 0 saturated carbocycles. The Balaban J connectivity index is 2.11. The van der Waals surface area contributed by atoms with Crippen LogP contribution in [0.3, 0.4) is 0 Å². The van der Waals surface area contributed by atoms with Gasteiger partial charge in [-0.2, -0.15) is 0 Å². The van der Waals surface area contributed by atoms with Crippen molar-refractivity contribution >= 4 is 0 Å². The molecular weight excluding hydrogens is 230 g/mol. The molecule has 0 bridgehead atoms. The largest absolute Gasteiger partial charge is 0.313 e. The van der Waals surface area contributed by atoms with Gasteiger partial charge in [0.05, 0.1) is 0 Å². The summed E-state index contributed by atoms with van der Waals surface area (Å²) in [5.74, 6) is 0. The Morgan fingerprint density at radius 1 is 0.895 bits per heavy atom. The molecule has 0 aliphatic heterocycles. The number of benzene rings is 2. The van der Waals surface area contributed by atoms with Gasteiger partial charge >= 0.3 is 0 Å². The van der Waals surface area contributed by atoms with Gasteiger partial charge in [-0.05, 0) is 43.5 Å². The second kappa shape index (κ2) is 6.53.